The number of halogens is 4. The second-order valence-electron chi connectivity index (χ2n) is 11.2. The number of carbonyl (C=O) groups is 3. The number of piperazine rings is 1. The van der Waals surface area contributed by atoms with Gasteiger partial charge < -0.3 is 29.3 Å². The van der Waals surface area contributed by atoms with Crippen molar-refractivity contribution in [3.05, 3.63) is 52.4 Å². The van der Waals surface area contributed by atoms with E-state index < -0.39 is 42.3 Å². The van der Waals surface area contributed by atoms with E-state index in [4.69, 9.17) is 21.1 Å². The first-order chi connectivity index (χ1) is 21.0. The molecule has 0 bridgehead atoms. The number of rotatable bonds is 8. The van der Waals surface area contributed by atoms with Gasteiger partial charge in [0.15, 0.2) is 5.69 Å². The monoisotopic (exact) mass is 653 g/mol. The van der Waals surface area contributed by atoms with Gasteiger partial charge in [0.2, 0.25) is 12.7 Å². The zero-order valence-corrected chi connectivity index (χ0v) is 25.8. The van der Waals surface area contributed by atoms with E-state index in [0.29, 0.717) is 30.2 Å². The molecule has 13 nitrogen and oxygen atoms in total. The zero-order chi connectivity index (χ0) is 33.1. The minimum Gasteiger partial charge on any atom is -0.427 e. The van der Waals surface area contributed by atoms with E-state index in [2.05, 4.69) is 35.1 Å². The van der Waals surface area contributed by atoms with Crippen LogP contribution in [0.3, 0.4) is 0 Å². The molecular weight excluding hydrogens is 623 g/mol. The number of alkyl halides is 3. The fourth-order valence-corrected chi connectivity index (χ4v) is 4.35. The summed E-state index contributed by atoms with van der Waals surface area (Å²) in [6, 6.07) is 5.06. The molecule has 0 saturated carbocycles. The van der Waals surface area contributed by atoms with Crippen LogP contribution in [0, 0.1) is 12.3 Å². The summed E-state index contributed by atoms with van der Waals surface area (Å²) in [7, 11) is 1.99. The number of aromatic nitrogens is 4. The van der Waals surface area contributed by atoms with Gasteiger partial charge in [0.05, 0.1) is 39.3 Å². The summed E-state index contributed by atoms with van der Waals surface area (Å²) in [5, 5.41) is 10.3. The van der Waals surface area contributed by atoms with Crippen LogP contribution in [0.4, 0.5) is 24.5 Å². The number of amides is 1. The van der Waals surface area contributed by atoms with E-state index in [1.165, 1.54) is 17.8 Å². The van der Waals surface area contributed by atoms with Gasteiger partial charge in [0.25, 0.3) is 5.91 Å². The van der Waals surface area contributed by atoms with Gasteiger partial charge in [-0.15, -0.1) is 18.3 Å². The standard InChI is InChI=1S/C28H31ClF3N7O6/c1-16-22(29)18(13-33-24(16)45-28(30,31)32)23(40)34-19-12-17(6-7-21(19)38-10-8-37(5)9-11-38)39-14-20(35-36-39)25(41)43-15-44-26(42)27(2,3)4/h6-7,12-14H,8-11,15H2,1-5H3,(H,34,40). The largest absolute Gasteiger partial charge is 0.574 e. The summed E-state index contributed by atoms with van der Waals surface area (Å²) in [5.74, 6) is -2.92. The van der Waals surface area contributed by atoms with Crippen LogP contribution in [0.5, 0.6) is 5.88 Å². The quantitative estimate of drug-likeness (QED) is 0.276. The molecule has 0 aliphatic carbocycles. The zero-order valence-electron chi connectivity index (χ0n) is 25.1. The molecule has 2 aromatic heterocycles. The van der Waals surface area contributed by atoms with Crippen LogP contribution in [0.1, 0.15) is 47.2 Å². The van der Waals surface area contributed by atoms with E-state index in [1.54, 1.807) is 39.0 Å². The smallest absolute Gasteiger partial charge is 0.427 e. The highest BCUT2D eigenvalue weighted by molar-refractivity contribution is 6.35. The molecule has 242 valence electrons. The molecule has 0 radical (unpaired) electrons. The summed E-state index contributed by atoms with van der Waals surface area (Å²) in [6.45, 7) is 8.47. The van der Waals surface area contributed by atoms with Gasteiger partial charge in [-0.3, -0.25) is 9.59 Å². The fraction of sp³-hybridized carbons (Fsp3) is 0.429. The second-order valence-corrected chi connectivity index (χ2v) is 11.6. The Morgan fingerprint density at radius 1 is 1.07 bits per heavy atom. The molecule has 1 amide bonds. The van der Waals surface area contributed by atoms with Crippen LogP contribution in [-0.2, 0) is 14.3 Å². The molecule has 0 unspecified atom stereocenters. The number of ether oxygens (including phenoxy) is 3. The summed E-state index contributed by atoms with van der Waals surface area (Å²) in [5.41, 5.74) is 0.137. The van der Waals surface area contributed by atoms with Gasteiger partial charge in [0, 0.05) is 37.9 Å². The minimum atomic E-state index is -4.99. The Kier molecular flexibility index (Phi) is 9.87. The first-order valence-corrected chi connectivity index (χ1v) is 14.0. The molecule has 1 N–H and O–H groups in total. The third kappa shape index (κ3) is 8.39. The van der Waals surface area contributed by atoms with Gasteiger partial charge in [0.1, 0.15) is 0 Å². The maximum atomic E-state index is 13.4. The number of benzene rings is 1. The predicted molar refractivity (Wildman–Crippen MR) is 156 cm³/mol. The summed E-state index contributed by atoms with van der Waals surface area (Å²) in [6.07, 6.45) is -2.78. The molecule has 4 rings (SSSR count). The number of pyridine rings is 1. The lowest BCUT2D eigenvalue weighted by Gasteiger charge is -2.35. The summed E-state index contributed by atoms with van der Waals surface area (Å²) in [4.78, 5) is 45.6. The average molecular weight is 654 g/mol. The summed E-state index contributed by atoms with van der Waals surface area (Å²) >= 11 is 6.27. The van der Waals surface area contributed by atoms with Gasteiger partial charge in [-0.2, -0.15) is 0 Å². The molecule has 0 atom stereocenters. The highest BCUT2D eigenvalue weighted by Gasteiger charge is 2.33. The Morgan fingerprint density at radius 3 is 2.40 bits per heavy atom. The lowest BCUT2D eigenvalue weighted by Crippen LogP contribution is -2.44. The van der Waals surface area contributed by atoms with Crippen LogP contribution < -0.4 is 15.0 Å². The van der Waals surface area contributed by atoms with E-state index >= 15 is 0 Å². The summed E-state index contributed by atoms with van der Waals surface area (Å²) < 4.78 is 53.3. The predicted octanol–water partition coefficient (Wildman–Crippen LogP) is 4.23. The van der Waals surface area contributed by atoms with Crippen LogP contribution in [0.25, 0.3) is 5.69 Å². The number of likely N-dealkylation sites (N-methyl/N-ethyl adjacent to an activating group) is 1. The van der Waals surface area contributed by atoms with Gasteiger partial charge in [-0.25, -0.2) is 14.5 Å². The van der Waals surface area contributed by atoms with Crippen LogP contribution in [0.2, 0.25) is 5.02 Å². The average Bonchev–Trinajstić information content (AvgIpc) is 3.45. The van der Waals surface area contributed by atoms with E-state index in [1.807, 2.05) is 7.05 Å². The van der Waals surface area contributed by atoms with Gasteiger partial charge in [-0.1, -0.05) is 16.8 Å². The van der Waals surface area contributed by atoms with Crippen molar-refractivity contribution in [2.75, 3.05) is 50.2 Å². The molecular formula is C28H31ClF3N7O6. The maximum absolute atomic E-state index is 13.4. The molecule has 3 aromatic rings. The van der Waals surface area contributed by atoms with Crippen molar-refractivity contribution < 1.29 is 41.8 Å². The third-order valence-electron chi connectivity index (χ3n) is 6.69. The van der Waals surface area contributed by atoms with E-state index in [9.17, 15) is 27.6 Å². The first-order valence-electron chi connectivity index (χ1n) is 13.6. The van der Waals surface area contributed by atoms with Crippen molar-refractivity contribution in [3.63, 3.8) is 0 Å². The number of esters is 2. The van der Waals surface area contributed by atoms with Crippen LogP contribution in [-0.4, -0.2) is 89.1 Å². The van der Waals surface area contributed by atoms with Crippen molar-refractivity contribution in [3.8, 4) is 11.6 Å². The molecule has 1 fully saturated rings. The van der Waals surface area contributed by atoms with Gasteiger partial charge in [-0.05, 0) is 52.9 Å². The van der Waals surface area contributed by atoms with E-state index in [0.717, 1.165) is 19.3 Å². The maximum Gasteiger partial charge on any atom is 0.574 e. The Morgan fingerprint density at radius 2 is 1.76 bits per heavy atom. The lowest BCUT2D eigenvalue weighted by atomic mass is 9.98. The molecule has 1 aromatic carbocycles. The highest BCUT2D eigenvalue weighted by atomic mass is 35.5. The number of hydrogen-bond acceptors (Lipinski definition) is 11. The molecule has 3 heterocycles. The highest BCUT2D eigenvalue weighted by Crippen LogP contribution is 2.33. The molecule has 17 heteroatoms. The SMILES string of the molecule is Cc1c(OC(F)(F)F)ncc(C(=O)Nc2cc(-n3cc(C(=O)OCOC(=O)C(C)(C)C)nn3)ccc2N2CCN(C)CC2)c1Cl. The Balaban J connectivity index is 1.58. The van der Waals surface area contributed by atoms with Gasteiger partial charge >= 0.3 is 18.3 Å². The number of hydrogen-bond donors (Lipinski definition) is 1. The van der Waals surface area contributed by atoms with Crippen LogP contribution in [0.15, 0.2) is 30.6 Å². The van der Waals surface area contributed by atoms with Crippen molar-refractivity contribution >= 4 is 40.8 Å². The number of anilines is 2. The molecule has 0 spiro atoms. The molecule has 1 aliphatic rings. The topological polar surface area (TPSA) is 141 Å². The first kappa shape index (κ1) is 33.5. The molecule has 1 aliphatic heterocycles. The Bertz CT molecular complexity index is 1580. The molecule has 45 heavy (non-hydrogen) atoms. The number of nitrogens with zero attached hydrogens (tertiary/aromatic N) is 6. The number of carbonyl (C=O) groups excluding carboxylic acids is 3. The van der Waals surface area contributed by atoms with Crippen molar-refractivity contribution in [2.24, 2.45) is 5.41 Å². The van der Waals surface area contributed by atoms with Crippen LogP contribution >= 0.6 is 11.6 Å². The Labute approximate surface area is 261 Å². The lowest BCUT2D eigenvalue weighted by molar-refractivity contribution is -0.276. The van der Waals surface area contributed by atoms with Crippen molar-refractivity contribution in [2.45, 2.75) is 34.1 Å². The third-order valence-corrected chi connectivity index (χ3v) is 7.17. The second kappa shape index (κ2) is 13.3. The van der Waals surface area contributed by atoms with Crippen molar-refractivity contribution in [1.82, 2.24) is 24.9 Å². The molecule has 1 saturated heterocycles. The van der Waals surface area contributed by atoms with E-state index in [-0.39, 0.29) is 21.8 Å². The Hall–Kier alpha value is -4.44. The van der Waals surface area contributed by atoms with Crippen molar-refractivity contribution in [1.29, 1.82) is 0 Å². The fourth-order valence-electron chi connectivity index (χ4n) is 4.13. The minimum absolute atomic E-state index is 0.162. The normalized spacial score (nSPS) is 14.2. The number of nitrogens with one attached hydrogen (secondary N) is 1.